The van der Waals surface area contributed by atoms with Crippen LogP contribution in [0.15, 0.2) is 18.2 Å². The normalized spacial score (nSPS) is 22.6. The Hall–Kier alpha value is -2.02. The van der Waals surface area contributed by atoms with E-state index in [0.29, 0.717) is 13.2 Å². The van der Waals surface area contributed by atoms with E-state index in [1.54, 1.807) is 4.90 Å². The molecule has 2 atom stereocenters. The fraction of sp³-hybridized carbons (Fsp3) is 0.462. The van der Waals surface area contributed by atoms with Gasteiger partial charge in [0.05, 0.1) is 23.7 Å². The number of carbonyl (C=O) groups is 1. The average Bonchev–Trinajstić information content (AvgIpc) is 2.40. The highest BCUT2D eigenvalue weighted by molar-refractivity contribution is 5.94. The molecule has 1 saturated heterocycles. The fourth-order valence-electron chi connectivity index (χ4n) is 2.14. The molecular weight excluding hydrogens is 267 g/mol. The third-order valence-corrected chi connectivity index (χ3v) is 3.26. The summed E-state index contributed by atoms with van der Waals surface area (Å²) in [6.07, 6.45) is -0.0851. The van der Waals surface area contributed by atoms with Gasteiger partial charge in [0.1, 0.15) is 0 Å². The minimum absolute atomic E-state index is 0.0851. The second-order valence-corrected chi connectivity index (χ2v) is 4.87. The Labute approximate surface area is 115 Å². The van der Waals surface area contributed by atoms with Crippen LogP contribution in [0.3, 0.4) is 0 Å². The van der Waals surface area contributed by atoms with Gasteiger partial charge in [-0.3, -0.25) is 14.9 Å². The van der Waals surface area contributed by atoms with Crippen molar-refractivity contribution in [3.63, 3.8) is 0 Å². The Morgan fingerprint density at radius 1 is 1.50 bits per heavy atom. The van der Waals surface area contributed by atoms with Gasteiger partial charge in [-0.25, -0.2) is 0 Å². The summed E-state index contributed by atoms with van der Waals surface area (Å²) < 4.78 is 19.0. The zero-order valence-electron chi connectivity index (χ0n) is 11.2. The van der Waals surface area contributed by atoms with Crippen LogP contribution in [0.25, 0.3) is 0 Å². The molecule has 0 aromatic heterocycles. The molecule has 0 bridgehead atoms. The van der Waals surface area contributed by atoms with E-state index < -0.39 is 16.4 Å². The molecule has 0 radical (unpaired) electrons. The first-order chi connectivity index (χ1) is 9.40. The van der Waals surface area contributed by atoms with E-state index in [0.717, 1.165) is 12.1 Å². The number of nitrogens with zero attached hydrogens (tertiary/aromatic N) is 2. The predicted molar refractivity (Wildman–Crippen MR) is 69.0 cm³/mol. The lowest BCUT2D eigenvalue weighted by molar-refractivity contribution is -0.387. The molecule has 6 nitrogen and oxygen atoms in total. The van der Waals surface area contributed by atoms with Crippen LogP contribution in [-0.4, -0.2) is 41.0 Å². The van der Waals surface area contributed by atoms with Crippen LogP contribution in [0.1, 0.15) is 24.2 Å². The quantitative estimate of drug-likeness (QED) is 0.614. The standard InChI is InChI=1S/C13H15FN2O4/c1-8-7-20-9(2)6-15(8)13(17)10-3-4-12(16(18)19)11(14)5-10/h3-5,8-9H,6-7H2,1-2H3. The van der Waals surface area contributed by atoms with Crippen LogP contribution in [0.4, 0.5) is 10.1 Å². The minimum atomic E-state index is -1.00. The highest BCUT2D eigenvalue weighted by Crippen LogP contribution is 2.21. The number of hydrogen-bond acceptors (Lipinski definition) is 4. The number of morpholine rings is 1. The molecule has 2 rings (SSSR count). The molecule has 1 aromatic carbocycles. The molecular formula is C13H15FN2O4. The lowest BCUT2D eigenvalue weighted by atomic mass is 10.1. The van der Waals surface area contributed by atoms with Crippen LogP contribution < -0.4 is 0 Å². The summed E-state index contributed by atoms with van der Waals surface area (Å²) in [7, 11) is 0. The third kappa shape index (κ3) is 2.77. The topological polar surface area (TPSA) is 72.7 Å². The van der Waals surface area contributed by atoms with Gasteiger partial charge in [0.15, 0.2) is 0 Å². The van der Waals surface area contributed by atoms with Gasteiger partial charge in [0.2, 0.25) is 5.82 Å². The number of benzene rings is 1. The summed E-state index contributed by atoms with van der Waals surface area (Å²) in [4.78, 5) is 23.7. The van der Waals surface area contributed by atoms with Crippen molar-refractivity contribution in [3.05, 3.63) is 39.7 Å². The number of nitro groups is 1. The van der Waals surface area contributed by atoms with Crippen LogP contribution >= 0.6 is 0 Å². The summed E-state index contributed by atoms with van der Waals surface area (Å²) in [5, 5.41) is 10.6. The molecule has 0 saturated carbocycles. The molecule has 1 fully saturated rings. The molecule has 7 heteroatoms. The van der Waals surface area contributed by atoms with Crippen molar-refractivity contribution in [2.24, 2.45) is 0 Å². The van der Waals surface area contributed by atoms with Gasteiger partial charge in [0.25, 0.3) is 5.91 Å². The van der Waals surface area contributed by atoms with Gasteiger partial charge in [-0.15, -0.1) is 0 Å². The van der Waals surface area contributed by atoms with Crippen molar-refractivity contribution < 1.29 is 18.8 Å². The number of halogens is 1. The third-order valence-electron chi connectivity index (χ3n) is 3.26. The van der Waals surface area contributed by atoms with E-state index in [9.17, 15) is 19.3 Å². The Bertz CT molecular complexity index is 549. The molecule has 2 unspecified atom stereocenters. The average molecular weight is 282 g/mol. The van der Waals surface area contributed by atoms with E-state index in [4.69, 9.17) is 4.74 Å². The van der Waals surface area contributed by atoms with Crippen molar-refractivity contribution in [2.45, 2.75) is 26.0 Å². The molecule has 0 spiro atoms. The second kappa shape index (κ2) is 5.54. The monoisotopic (exact) mass is 282 g/mol. The van der Waals surface area contributed by atoms with E-state index in [-0.39, 0.29) is 23.6 Å². The molecule has 1 amide bonds. The molecule has 0 N–H and O–H groups in total. The van der Waals surface area contributed by atoms with Gasteiger partial charge < -0.3 is 9.64 Å². The maximum absolute atomic E-state index is 13.6. The highest BCUT2D eigenvalue weighted by atomic mass is 19.1. The van der Waals surface area contributed by atoms with Gasteiger partial charge in [-0.05, 0) is 26.0 Å². The highest BCUT2D eigenvalue weighted by Gasteiger charge is 2.29. The van der Waals surface area contributed by atoms with Gasteiger partial charge >= 0.3 is 5.69 Å². The van der Waals surface area contributed by atoms with E-state index in [2.05, 4.69) is 0 Å². The number of rotatable bonds is 2. The van der Waals surface area contributed by atoms with Gasteiger partial charge in [-0.2, -0.15) is 4.39 Å². The Morgan fingerprint density at radius 2 is 2.20 bits per heavy atom. The van der Waals surface area contributed by atoms with E-state index >= 15 is 0 Å². The molecule has 1 aromatic rings. The molecule has 20 heavy (non-hydrogen) atoms. The SMILES string of the molecule is CC1CN(C(=O)c2ccc([N+](=O)[O-])c(F)c2)C(C)CO1. The van der Waals surface area contributed by atoms with Crippen LogP contribution in [0, 0.1) is 15.9 Å². The number of hydrogen-bond donors (Lipinski definition) is 0. The largest absolute Gasteiger partial charge is 0.375 e. The molecule has 0 aliphatic carbocycles. The summed E-state index contributed by atoms with van der Waals surface area (Å²) >= 11 is 0. The number of ether oxygens (including phenoxy) is 1. The van der Waals surface area contributed by atoms with Crippen LogP contribution in [0.5, 0.6) is 0 Å². The number of carbonyl (C=O) groups excluding carboxylic acids is 1. The Kier molecular flexibility index (Phi) is 3.99. The molecule has 1 heterocycles. The van der Waals surface area contributed by atoms with Crippen molar-refractivity contribution in [1.29, 1.82) is 0 Å². The lowest BCUT2D eigenvalue weighted by Gasteiger charge is -2.36. The van der Waals surface area contributed by atoms with Crippen molar-refractivity contribution in [3.8, 4) is 0 Å². The number of nitro benzene ring substituents is 1. The second-order valence-electron chi connectivity index (χ2n) is 4.87. The maximum Gasteiger partial charge on any atom is 0.304 e. The minimum Gasteiger partial charge on any atom is -0.375 e. The Morgan fingerprint density at radius 3 is 2.80 bits per heavy atom. The van der Waals surface area contributed by atoms with Crippen molar-refractivity contribution in [1.82, 2.24) is 4.90 Å². The smallest absolute Gasteiger partial charge is 0.304 e. The zero-order valence-corrected chi connectivity index (χ0v) is 11.2. The molecule has 1 aliphatic rings. The first-order valence-corrected chi connectivity index (χ1v) is 6.26. The van der Waals surface area contributed by atoms with E-state index in [1.807, 2.05) is 13.8 Å². The maximum atomic E-state index is 13.6. The Balaban J connectivity index is 2.24. The van der Waals surface area contributed by atoms with Gasteiger partial charge in [0, 0.05) is 18.2 Å². The summed E-state index contributed by atoms with van der Waals surface area (Å²) in [6.45, 7) is 4.52. The summed E-state index contributed by atoms with van der Waals surface area (Å²) in [5.41, 5.74) is -0.529. The predicted octanol–water partition coefficient (Wildman–Crippen LogP) is 1.98. The van der Waals surface area contributed by atoms with Crippen molar-refractivity contribution >= 4 is 11.6 Å². The lowest BCUT2D eigenvalue weighted by Crippen LogP contribution is -2.50. The van der Waals surface area contributed by atoms with Crippen molar-refractivity contribution in [2.75, 3.05) is 13.2 Å². The zero-order chi connectivity index (χ0) is 14.9. The molecule has 1 aliphatic heterocycles. The first kappa shape index (κ1) is 14.4. The summed E-state index contributed by atoms with van der Waals surface area (Å²) in [6, 6.07) is 3.08. The first-order valence-electron chi connectivity index (χ1n) is 6.26. The van der Waals surface area contributed by atoms with Crippen LogP contribution in [0.2, 0.25) is 0 Å². The van der Waals surface area contributed by atoms with Crippen LogP contribution in [-0.2, 0) is 4.74 Å². The summed E-state index contributed by atoms with van der Waals surface area (Å²) in [5.74, 6) is -1.35. The van der Waals surface area contributed by atoms with E-state index in [1.165, 1.54) is 6.07 Å². The fourth-order valence-corrected chi connectivity index (χ4v) is 2.14. The van der Waals surface area contributed by atoms with Gasteiger partial charge in [-0.1, -0.05) is 0 Å². The molecule has 108 valence electrons. The number of amides is 1.